The lowest BCUT2D eigenvalue weighted by atomic mass is 9.97. The minimum absolute atomic E-state index is 0.0618. The molecule has 0 aromatic heterocycles. The third-order valence-electron chi connectivity index (χ3n) is 3.68. The van der Waals surface area contributed by atoms with Gasteiger partial charge in [0.1, 0.15) is 5.82 Å². The van der Waals surface area contributed by atoms with Crippen molar-refractivity contribution in [2.75, 3.05) is 33.3 Å². The highest BCUT2D eigenvalue weighted by atomic mass is 35.5. The number of ether oxygens (including phenoxy) is 1. The van der Waals surface area contributed by atoms with Gasteiger partial charge in [-0.05, 0) is 26.1 Å². The molecule has 1 saturated heterocycles. The fourth-order valence-corrected chi connectivity index (χ4v) is 2.82. The van der Waals surface area contributed by atoms with Crippen LogP contribution in [0.25, 0.3) is 0 Å². The monoisotopic (exact) mass is 300 g/mol. The van der Waals surface area contributed by atoms with Gasteiger partial charge >= 0.3 is 0 Å². The van der Waals surface area contributed by atoms with Crippen molar-refractivity contribution in [2.45, 2.75) is 25.5 Å². The van der Waals surface area contributed by atoms with Gasteiger partial charge in [0.05, 0.1) is 23.8 Å². The van der Waals surface area contributed by atoms with E-state index in [9.17, 15) is 4.39 Å². The van der Waals surface area contributed by atoms with Crippen LogP contribution in [0.5, 0.6) is 0 Å². The quantitative estimate of drug-likeness (QED) is 0.846. The second-order valence-corrected chi connectivity index (χ2v) is 5.59. The molecule has 0 amide bonds. The molecule has 112 valence electrons. The van der Waals surface area contributed by atoms with Crippen LogP contribution in [0, 0.1) is 5.82 Å². The third kappa shape index (κ3) is 3.50. The molecule has 0 spiro atoms. The summed E-state index contributed by atoms with van der Waals surface area (Å²) in [5.41, 5.74) is 0.614. The molecule has 1 fully saturated rings. The molecule has 0 saturated carbocycles. The van der Waals surface area contributed by atoms with Gasteiger partial charge in [0.25, 0.3) is 0 Å². The van der Waals surface area contributed by atoms with Crippen LogP contribution in [0.2, 0.25) is 5.02 Å². The fraction of sp³-hybridized carbons (Fsp3) is 0.600. The van der Waals surface area contributed by atoms with Gasteiger partial charge in [-0.1, -0.05) is 30.7 Å². The van der Waals surface area contributed by atoms with E-state index >= 15 is 0 Å². The summed E-state index contributed by atoms with van der Waals surface area (Å²) in [6.07, 6.45) is 1.01. The Morgan fingerprint density at radius 1 is 1.50 bits per heavy atom. The summed E-state index contributed by atoms with van der Waals surface area (Å²) in [6, 6.07) is 5.06. The number of morpholine rings is 1. The van der Waals surface area contributed by atoms with Gasteiger partial charge in [-0.25, -0.2) is 4.39 Å². The second-order valence-electron chi connectivity index (χ2n) is 5.18. The van der Waals surface area contributed by atoms with E-state index in [4.69, 9.17) is 16.3 Å². The Balaban J connectivity index is 2.20. The summed E-state index contributed by atoms with van der Waals surface area (Å²) < 4.78 is 20.1. The zero-order valence-electron chi connectivity index (χ0n) is 12.0. The van der Waals surface area contributed by atoms with E-state index in [-0.39, 0.29) is 23.0 Å². The molecule has 1 aliphatic heterocycles. The Morgan fingerprint density at radius 3 is 3.05 bits per heavy atom. The van der Waals surface area contributed by atoms with Crippen LogP contribution >= 0.6 is 11.6 Å². The van der Waals surface area contributed by atoms with Crippen molar-refractivity contribution in [1.82, 2.24) is 10.2 Å². The van der Waals surface area contributed by atoms with Crippen LogP contribution < -0.4 is 5.32 Å². The number of nitrogens with zero attached hydrogens (tertiary/aromatic N) is 1. The molecule has 1 aromatic rings. The Labute approximate surface area is 125 Å². The molecular formula is C15H22ClFN2O. The van der Waals surface area contributed by atoms with Crippen molar-refractivity contribution in [3.63, 3.8) is 0 Å². The average Bonchev–Trinajstić information content (AvgIpc) is 2.43. The van der Waals surface area contributed by atoms with Crippen molar-refractivity contribution in [2.24, 2.45) is 0 Å². The van der Waals surface area contributed by atoms with Crippen LogP contribution in [0.4, 0.5) is 4.39 Å². The molecule has 0 aliphatic carbocycles. The fourth-order valence-electron chi connectivity index (χ4n) is 2.64. The number of hydrogen-bond acceptors (Lipinski definition) is 3. The molecular weight excluding hydrogens is 279 g/mol. The molecule has 5 heteroatoms. The van der Waals surface area contributed by atoms with Gasteiger partial charge < -0.3 is 10.1 Å². The molecule has 0 bridgehead atoms. The molecule has 2 atom stereocenters. The summed E-state index contributed by atoms with van der Waals surface area (Å²) in [7, 11) is 2.00. The first kappa shape index (κ1) is 15.7. The first-order valence-corrected chi connectivity index (χ1v) is 7.49. The molecule has 2 unspecified atom stereocenters. The largest absolute Gasteiger partial charge is 0.374 e. The number of rotatable bonds is 5. The smallest absolute Gasteiger partial charge is 0.146 e. The average molecular weight is 301 g/mol. The maximum Gasteiger partial charge on any atom is 0.146 e. The van der Waals surface area contributed by atoms with E-state index in [2.05, 4.69) is 17.1 Å². The first-order chi connectivity index (χ1) is 9.65. The molecule has 1 N–H and O–H groups in total. The lowest BCUT2D eigenvalue weighted by Crippen LogP contribution is -2.47. The summed E-state index contributed by atoms with van der Waals surface area (Å²) >= 11 is 5.91. The second kappa shape index (κ2) is 7.36. The molecule has 3 nitrogen and oxygen atoms in total. The maximum atomic E-state index is 14.3. The predicted octanol–water partition coefficient (Wildman–Crippen LogP) is 2.85. The van der Waals surface area contributed by atoms with E-state index in [1.54, 1.807) is 18.2 Å². The zero-order chi connectivity index (χ0) is 14.5. The summed E-state index contributed by atoms with van der Waals surface area (Å²) in [5.74, 6) is -0.336. The number of hydrogen-bond donors (Lipinski definition) is 1. The Hall–Kier alpha value is -0.680. The molecule has 20 heavy (non-hydrogen) atoms. The van der Waals surface area contributed by atoms with E-state index < -0.39 is 0 Å². The highest BCUT2D eigenvalue weighted by Crippen LogP contribution is 2.32. The van der Waals surface area contributed by atoms with E-state index in [0.29, 0.717) is 12.2 Å². The summed E-state index contributed by atoms with van der Waals surface area (Å²) in [5, 5.41) is 3.52. The lowest BCUT2D eigenvalue weighted by Gasteiger charge is -2.39. The Bertz CT molecular complexity index is 444. The number of halogens is 2. The van der Waals surface area contributed by atoms with Crippen LogP contribution in [0.15, 0.2) is 18.2 Å². The number of benzene rings is 1. The van der Waals surface area contributed by atoms with Gasteiger partial charge in [0.2, 0.25) is 0 Å². The Kier molecular flexibility index (Phi) is 5.78. The number of nitrogens with one attached hydrogen (secondary N) is 1. The Morgan fingerprint density at radius 2 is 2.30 bits per heavy atom. The van der Waals surface area contributed by atoms with Crippen LogP contribution in [0.1, 0.15) is 24.9 Å². The zero-order valence-corrected chi connectivity index (χ0v) is 12.8. The highest BCUT2D eigenvalue weighted by molar-refractivity contribution is 6.30. The molecule has 0 radical (unpaired) electrons. The highest BCUT2D eigenvalue weighted by Gasteiger charge is 2.33. The van der Waals surface area contributed by atoms with Crippen molar-refractivity contribution >= 4 is 11.6 Å². The SMILES string of the molecule is CCCNCC1OCCN(C)C1c1cccc(Cl)c1F. The van der Waals surface area contributed by atoms with Crippen LogP contribution in [0.3, 0.4) is 0 Å². The summed E-state index contributed by atoms with van der Waals surface area (Å²) in [6.45, 7) is 5.24. The van der Waals surface area contributed by atoms with Crippen LogP contribution in [-0.2, 0) is 4.74 Å². The van der Waals surface area contributed by atoms with Crippen molar-refractivity contribution in [3.05, 3.63) is 34.6 Å². The van der Waals surface area contributed by atoms with E-state index in [1.807, 2.05) is 7.05 Å². The molecule has 2 rings (SSSR count). The standard InChI is InChI=1S/C15H22ClFN2O/c1-3-7-18-10-13-15(19(2)8-9-20-13)11-5-4-6-12(16)14(11)17/h4-6,13,15,18H,3,7-10H2,1-2H3. The number of likely N-dealkylation sites (N-methyl/N-ethyl adjacent to an activating group) is 1. The van der Waals surface area contributed by atoms with Crippen molar-refractivity contribution in [3.8, 4) is 0 Å². The van der Waals surface area contributed by atoms with Gasteiger partial charge in [-0.15, -0.1) is 0 Å². The summed E-state index contributed by atoms with van der Waals surface area (Å²) in [4.78, 5) is 2.14. The topological polar surface area (TPSA) is 24.5 Å². The van der Waals surface area contributed by atoms with Gasteiger partial charge in [0, 0.05) is 18.7 Å². The third-order valence-corrected chi connectivity index (χ3v) is 3.97. The maximum absolute atomic E-state index is 14.3. The normalized spacial score (nSPS) is 24.0. The van der Waals surface area contributed by atoms with Gasteiger partial charge in [-0.3, -0.25) is 4.90 Å². The first-order valence-electron chi connectivity index (χ1n) is 7.11. The van der Waals surface area contributed by atoms with Crippen molar-refractivity contribution in [1.29, 1.82) is 0 Å². The van der Waals surface area contributed by atoms with Gasteiger partial charge in [-0.2, -0.15) is 0 Å². The lowest BCUT2D eigenvalue weighted by molar-refractivity contribution is -0.0622. The van der Waals surface area contributed by atoms with Crippen LogP contribution in [-0.4, -0.2) is 44.3 Å². The predicted molar refractivity (Wildman–Crippen MR) is 79.7 cm³/mol. The van der Waals surface area contributed by atoms with E-state index in [1.165, 1.54) is 0 Å². The minimum Gasteiger partial charge on any atom is -0.374 e. The van der Waals surface area contributed by atoms with E-state index in [0.717, 1.165) is 26.1 Å². The minimum atomic E-state index is -0.336. The molecule has 1 heterocycles. The molecule has 1 aliphatic rings. The van der Waals surface area contributed by atoms with Crippen molar-refractivity contribution < 1.29 is 9.13 Å². The molecule has 1 aromatic carbocycles. The van der Waals surface area contributed by atoms with Gasteiger partial charge in [0.15, 0.2) is 0 Å².